The van der Waals surface area contributed by atoms with Gasteiger partial charge in [-0.25, -0.2) is 0 Å². The Morgan fingerprint density at radius 1 is 1.21 bits per heavy atom. The number of aryl methyl sites for hydroxylation is 1. The van der Waals surface area contributed by atoms with Crippen molar-refractivity contribution in [3.05, 3.63) is 46.3 Å². The van der Waals surface area contributed by atoms with E-state index in [2.05, 4.69) is 9.88 Å². The Morgan fingerprint density at radius 2 is 1.93 bits per heavy atom. The van der Waals surface area contributed by atoms with E-state index in [0.29, 0.717) is 11.3 Å². The van der Waals surface area contributed by atoms with Crippen LogP contribution in [0.1, 0.15) is 70.4 Å². The van der Waals surface area contributed by atoms with Gasteiger partial charge < -0.3 is 14.5 Å². The highest BCUT2D eigenvalue weighted by Crippen LogP contribution is 2.40. The molecule has 1 fully saturated rings. The van der Waals surface area contributed by atoms with Crippen molar-refractivity contribution >= 4 is 11.6 Å². The van der Waals surface area contributed by atoms with E-state index in [1.807, 2.05) is 39.0 Å². The second kappa shape index (κ2) is 8.41. The Hall–Kier alpha value is -2.60. The molecule has 2 heterocycles. The quantitative estimate of drug-likeness (QED) is 0.706. The number of carbonyl (C=O) groups is 2. The fourth-order valence-electron chi connectivity index (χ4n) is 4.56. The molecule has 1 N–H and O–H groups in total. The predicted molar refractivity (Wildman–Crippen MR) is 112 cm³/mol. The lowest BCUT2D eigenvalue weighted by Crippen LogP contribution is -2.39. The SMILES string of the molecule is COc1ccc([C@H]2CCCN2[C@H](C)C(=O)c2[nH]c(C)c(C(C)=O)c2C)c(OC)c1. The van der Waals surface area contributed by atoms with Gasteiger partial charge in [0, 0.05) is 28.9 Å². The summed E-state index contributed by atoms with van der Waals surface area (Å²) in [6.07, 6.45) is 1.97. The molecule has 0 unspecified atom stereocenters. The Balaban J connectivity index is 1.91. The van der Waals surface area contributed by atoms with Gasteiger partial charge in [-0.05, 0) is 58.7 Å². The van der Waals surface area contributed by atoms with Crippen LogP contribution in [0.25, 0.3) is 0 Å². The average molecular weight is 399 g/mol. The molecule has 0 bridgehead atoms. The molecule has 1 saturated heterocycles. The third-order valence-electron chi connectivity index (χ3n) is 6.01. The lowest BCUT2D eigenvalue weighted by molar-refractivity contribution is 0.0812. The maximum absolute atomic E-state index is 13.3. The minimum absolute atomic E-state index is 0.0116. The molecule has 6 heteroatoms. The summed E-state index contributed by atoms with van der Waals surface area (Å²) in [6, 6.07) is 5.62. The van der Waals surface area contributed by atoms with Crippen LogP contribution >= 0.6 is 0 Å². The van der Waals surface area contributed by atoms with Gasteiger partial charge in [-0.3, -0.25) is 14.5 Å². The number of hydrogen-bond donors (Lipinski definition) is 1. The van der Waals surface area contributed by atoms with Crippen molar-refractivity contribution in [1.82, 2.24) is 9.88 Å². The highest BCUT2D eigenvalue weighted by Gasteiger charge is 2.36. The molecule has 0 saturated carbocycles. The van der Waals surface area contributed by atoms with Gasteiger partial charge in [-0.2, -0.15) is 0 Å². The first-order chi connectivity index (χ1) is 13.8. The Bertz CT molecular complexity index is 931. The van der Waals surface area contributed by atoms with E-state index in [9.17, 15) is 9.59 Å². The summed E-state index contributed by atoms with van der Waals surface area (Å²) >= 11 is 0. The summed E-state index contributed by atoms with van der Waals surface area (Å²) in [5, 5.41) is 0. The standard InChI is InChI=1S/C23H30N2O4/c1-13-21(16(4)26)14(2)24-22(13)23(27)15(3)25-11-7-8-19(25)18-10-9-17(28-5)12-20(18)29-6/h9-10,12,15,19,24H,7-8,11H2,1-6H3/t15-,19-/m1/s1. The number of hydrogen-bond acceptors (Lipinski definition) is 5. The van der Waals surface area contributed by atoms with Crippen molar-refractivity contribution in [3.8, 4) is 11.5 Å². The van der Waals surface area contributed by atoms with E-state index >= 15 is 0 Å². The molecule has 2 atom stereocenters. The van der Waals surface area contributed by atoms with Gasteiger partial charge >= 0.3 is 0 Å². The molecule has 0 amide bonds. The van der Waals surface area contributed by atoms with Crippen molar-refractivity contribution in [1.29, 1.82) is 0 Å². The highest BCUT2D eigenvalue weighted by atomic mass is 16.5. The monoisotopic (exact) mass is 398 g/mol. The topological polar surface area (TPSA) is 71.6 Å². The van der Waals surface area contributed by atoms with Crippen LogP contribution in [0.15, 0.2) is 18.2 Å². The van der Waals surface area contributed by atoms with E-state index < -0.39 is 0 Å². The first kappa shape index (κ1) is 21.1. The van der Waals surface area contributed by atoms with Crippen LogP contribution in [0.4, 0.5) is 0 Å². The second-order valence-corrected chi connectivity index (χ2v) is 7.73. The van der Waals surface area contributed by atoms with Crippen molar-refractivity contribution in [3.63, 3.8) is 0 Å². The molecule has 156 valence electrons. The number of ketones is 2. The van der Waals surface area contributed by atoms with Gasteiger partial charge in [0.05, 0.1) is 26.0 Å². The van der Waals surface area contributed by atoms with Crippen molar-refractivity contribution in [2.45, 2.75) is 52.6 Å². The summed E-state index contributed by atoms with van der Waals surface area (Å²) in [4.78, 5) is 30.7. The zero-order valence-electron chi connectivity index (χ0n) is 18.1. The molecule has 1 aliphatic rings. The van der Waals surface area contributed by atoms with Crippen molar-refractivity contribution in [2.75, 3.05) is 20.8 Å². The third kappa shape index (κ3) is 3.81. The minimum Gasteiger partial charge on any atom is -0.497 e. The largest absolute Gasteiger partial charge is 0.497 e. The molecule has 1 aromatic heterocycles. The maximum atomic E-state index is 13.3. The van der Waals surface area contributed by atoms with Gasteiger partial charge in [0.15, 0.2) is 11.6 Å². The Morgan fingerprint density at radius 3 is 2.52 bits per heavy atom. The van der Waals surface area contributed by atoms with Gasteiger partial charge in [0.2, 0.25) is 0 Å². The summed E-state index contributed by atoms with van der Waals surface area (Å²) in [6.45, 7) is 8.00. The van der Waals surface area contributed by atoms with Crippen LogP contribution in [0, 0.1) is 13.8 Å². The number of carbonyl (C=O) groups excluding carboxylic acids is 2. The molecule has 2 aromatic rings. The number of nitrogens with one attached hydrogen (secondary N) is 1. The van der Waals surface area contributed by atoms with E-state index in [0.717, 1.165) is 47.7 Å². The highest BCUT2D eigenvalue weighted by molar-refractivity contribution is 6.05. The number of benzene rings is 1. The molecule has 1 aliphatic heterocycles. The second-order valence-electron chi connectivity index (χ2n) is 7.73. The predicted octanol–water partition coefficient (Wildman–Crippen LogP) is 4.26. The fraction of sp³-hybridized carbons (Fsp3) is 0.478. The molecular formula is C23H30N2O4. The summed E-state index contributed by atoms with van der Waals surface area (Å²) in [5.41, 5.74) is 3.71. The molecule has 0 spiro atoms. The molecule has 6 nitrogen and oxygen atoms in total. The van der Waals surface area contributed by atoms with Crippen LogP contribution in [0.2, 0.25) is 0 Å². The van der Waals surface area contributed by atoms with E-state index in [4.69, 9.17) is 9.47 Å². The molecule has 29 heavy (non-hydrogen) atoms. The van der Waals surface area contributed by atoms with Crippen LogP contribution in [0.3, 0.4) is 0 Å². The number of Topliss-reactive ketones (excluding diaryl/α,β-unsaturated/α-hetero) is 2. The number of likely N-dealkylation sites (tertiary alicyclic amines) is 1. The maximum Gasteiger partial charge on any atom is 0.196 e. The average Bonchev–Trinajstić information content (AvgIpc) is 3.30. The minimum atomic E-state index is -0.314. The first-order valence-corrected chi connectivity index (χ1v) is 10.0. The van der Waals surface area contributed by atoms with E-state index in [1.54, 1.807) is 14.2 Å². The normalized spacial score (nSPS) is 17.9. The van der Waals surface area contributed by atoms with Gasteiger partial charge in [-0.1, -0.05) is 6.07 Å². The van der Waals surface area contributed by atoms with Crippen LogP contribution in [-0.4, -0.2) is 48.3 Å². The summed E-state index contributed by atoms with van der Waals surface area (Å²) in [7, 11) is 3.29. The summed E-state index contributed by atoms with van der Waals surface area (Å²) in [5.74, 6) is 1.50. The molecular weight excluding hydrogens is 368 g/mol. The molecule has 0 aliphatic carbocycles. The number of ether oxygens (including phenoxy) is 2. The third-order valence-corrected chi connectivity index (χ3v) is 6.01. The van der Waals surface area contributed by atoms with Crippen LogP contribution in [-0.2, 0) is 0 Å². The van der Waals surface area contributed by atoms with Crippen LogP contribution in [0.5, 0.6) is 11.5 Å². The number of rotatable bonds is 7. The van der Waals surface area contributed by atoms with Gasteiger partial charge in [0.1, 0.15) is 11.5 Å². The van der Waals surface area contributed by atoms with E-state index in [-0.39, 0.29) is 23.7 Å². The summed E-state index contributed by atoms with van der Waals surface area (Å²) < 4.78 is 10.9. The van der Waals surface area contributed by atoms with Crippen molar-refractivity contribution in [2.24, 2.45) is 0 Å². The van der Waals surface area contributed by atoms with Crippen LogP contribution < -0.4 is 9.47 Å². The van der Waals surface area contributed by atoms with Gasteiger partial charge in [-0.15, -0.1) is 0 Å². The molecule has 1 aromatic carbocycles. The number of H-pyrrole nitrogens is 1. The zero-order valence-corrected chi connectivity index (χ0v) is 18.1. The number of methoxy groups -OCH3 is 2. The molecule has 3 rings (SSSR count). The number of nitrogens with zero attached hydrogens (tertiary/aromatic N) is 1. The van der Waals surface area contributed by atoms with Crippen molar-refractivity contribution < 1.29 is 19.1 Å². The zero-order chi connectivity index (χ0) is 21.3. The van der Waals surface area contributed by atoms with Gasteiger partial charge in [0.25, 0.3) is 0 Å². The van der Waals surface area contributed by atoms with E-state index in [1.165, 1.54) is 6.92 Å². The lowest BCUT2D eigenvalue weighted by atomic mass is 9.99. The molecule has 0 radical (unpaired) electrons. The lowest BCUT2D eigenvalue weighted by Gasteiger charge is -2.31. The fourth-order valence-corrected chi connectivity index (χ4v) is 4.56. The Kier molecular flexibility index (Phi) is 6.13. The number of aromatic amines is 1. The number of aromatic nitrogens is 1. The Labute approximate surface area is 172 Å². The first-order valence-electron chi connectivity index (χ1n) is 10.0. The smallest absolute Gasteiger partial charge is 0.196 e.